The Morgan fingerprint density at radius 1 is 1.16 bits per heavy atom. The number of fused-ring (bicyclic) bond motifs is 1. The highest BCUT2D eigenvalue weighted by Crippen LogP contribution is 2.34. The summed E-state index contributed by atoms with van der Waals surface area (Å²) in [7, 11) is 1.47. The Morgan fingerprint density at radius 2 is 1.91 bits per heavy atom. The zero-order valence-corrected chi connectivity index (χ0v) is 17.8. The summed E-state index contributed by atoms with van der Waals surface area (Å²) < 4.78 is 12.1. The Kier molecular flexibility index (Phi) is 6.15. The van der Waals surface area contributed by atoms with E-state index in [1.54, 1.807) is 30.3 Å². The maximum atomic E-state index is 13.3. The summed E-state index contributed by atoms with van der Waals surface area (Å²) in [6.07, 6.45) is 1.44. The summed E-state index contributed by atoms with van der Waals surface area (Å²) in [5.41, 5.74) is 1.44. The maximum Gasteiger partial charge on any atom is 0.282 e. The highest BCUT2D eigenvalue weighted by atomic mass is 35.5. The second kappa shape index (κ2) is 9.33. The molecule has 4 rings (SSSR count). The molecule has 8 heteroatoms. The van der Waals surface area contributed by atoms with Gasteiger partial charge in [0, 0.05) is 22.2 Å². The van der Waals surface area contributed by atoms with E-state index in [0.29, 0.717) is 38.8 Å². The zero-order valence-electron chi connectivity index (χ0n) is 17.0. The minimum atomic E-state index is -0.320. The highest BCUT2D eigenvalue weighted by Gasteiger charge is 2.14. The lowest BCUT2D eigenvalue weighted by atomic mass is 10.2. The molecule has 0 bridgehead atoms. The van der Waals surface area contributed by atoms with E-state index in [0.717, 1.165) is 5.56 Å². The van der Waals surface area contributed by atoms with Crippen LogP contribution in [0.15, 0.2) is 76.6 Å². The predicted molar refractivity (Wildman–Crippen MR) is 124 cm³/mol. The molecule has 0 unspecified atom stereocenters. The van der Waals surface area contributed by atoms with Crippen molar-refractivity contribution in [3.8, 4) is 29.0 Å². The summed E-state index contributed by atoms with van der Waals surface area (Å²) in [5, 5.41) is 14.2. The second-order valence-corrected chi connectivity index (χ2v) is 7.09. The molecule has 3 aromatic carbocycles. The van der Waals surface area contributed by atoms with Gasteiger partial charge >= 0.3 is 0 Å². The van der Waals surface area contributed by atoms with Gasteiger partial charge in [0.15, 0.2) is 23.9 Å². The van der Waals surface area contributed by atoms with Crippen molar-refractivity contribution >= 4 is 28.7 Å². The van der Waals surface area contributed by atoms with Gasteiger partial charge in [-0.15, -0.1) is 0 Å². The van der Waals surface area contributed by atoms with Crippen molar-refractivity contribution in [2.24, 2.45) is 5.10 Å². The molecular formula is C24H17ClN4O3. The molecule has 0 amide bonds. The van der Waals surface area contributed by atoms with Crippen LogP contribution in [-0.2, 0) is 0 Å². The van der Waals surface area contributed by atoms with Gasteiger partial charge in [0.05, 0.1) is 24.2 Å². The summed E-state index contributed by atoms with van der Waals surface area (Å²) >= 11 is 6.21. The third-order valence-electron chi connectivity index (χ3n) is 4.65. The first kappa shape index (κ1) is 21.1. The molecule has 0 fully saturated rings. The molecule has 0 N–H and O–H groups in total. The van der Waals surface area contributed by atoms with Crippen molar-refractivity contribution in [1.82, 2.24) is 9.66 Å². The van der Waals surface area contributed by atoms with Crippen LogP contribution in [-0.4, -0.2) is 29.6 Å². The lowest BCUT2D eigenvalue weighted by molar-refractivity contribution is 0.329. The van der Waals surface area contributed by atoms with E-state index >= 15 is 0 Å². The Hall–Kier alpha value is -4.15. The van der Waals surface area contributed by atoms with Crippen LogP contribution >= 0.6 is 11.6 Å². The van der Waals surface area contributed by atoms with Gasteiger partial charge in [-0.1, -0.05) is 54.1 Å². The Bertz CT molecular complexity index is 1410. The monoisotopic (exact) mass is 444 g/mol. The third kappa shape index (κ3) is 4.17. The summed E-state index contributed by atoms with van der Waals surface area (Å²) in [6.45, 7) is -0.189. The number of nitrogens with zero attached hydrogens (tertiary/aromatic N) is 4. The van der Waals surface area contributed by atoms with Gasteiger partial charge in [-0.2, -0.15) is 15.0 Å². The molecule has 32 heavy (non-hydrogen) atoms. The fourth-order valence-corrected chi connectivity index (χ4v) is 3.44. The molecule has 4 aromatic rings. The van der Waals surface area contributed by atoms with Crippen LogP contribution in [0, 0.1) is 11.3 Å². The van der Waals surface area contributed by atoms with Crippen LogP contribution in [0.4, 0.5) is 0 Å². The number of hydrogen-bond acceptors (Lipinski definition) is 6. The predicted octanol–water partition coefficient (Wildman–Crippen LogP) is 4.51. The summed E-state index contributed by atoms with van der Waals surface area (Å²) in [5.74, 6) is 1.03. The largest absolute Gasteiger partial charge is 0.493 e. The summed E-state index contributed by atoms with van der Waals surface area (Å²) in [4.78, 5) is 17.9. The van der Waals surface area contributed by atoms with Crippen molar-refractivity contribution in [3.05, 3.63) is 87.7 Å². The number of rotatable bonds is 6. The van der Waals surface area contributed by atoms with Crippen molar-refractivity contribution in [2.45, 2.75) is 0 Å². The fraction of sp³-hybridized carbons (Fsp3) is 0.0833. The van der Waals surface area contributed by atoms with Gasteiger partial charge in [0.25, 0.3) is 5.56 Å². The van der Waals surface area contributed by atoms with E-state index in [1.807, 2.05) is 42.5 Å². The lowest BCUT2D eigenvalue weighted by Crippen LogP contribution is -2.20. The number of methoxy groups -OCH3 is 1. The average molecular weight is 445 g/mol. The lowest BCUT2D eigenvalue weighted by Gasteiger charge is -2.12. The quantitative estimate of drug-likeness (QED) is 0.408. The van der Waals surface area contributed by atoms with Gasteiger partial charge in [-0.05, 0) is 18.2 Å². The molecule has 1 heterocycles. The van der Waals surface area contributed by atoms with Crippen LogP contribution in [0.2, 0.25) is 5.02 Å². The van der Waals surface area contributed by atoms with E-state index in [4.69, 9.17) is 26.3 Å². The molecule has 0 atom stereocenters. The molecule has 7 nitrogen and oxygen atoms in total. The topological polar surface area (TPSA) is 89.5 Å². The molecule has 1 aromatic heterocycles. The van der Waals surface area contributed by atoms with Gasteiger partial charge in [0.2, 0.25) is 0 Å². The number of nitriles is 1. The standard InChI is InChI=1S/C24H17ClN4O3/c1-31-21-14-18(25)13-17(22(21)32-12-11-26)15-27-29-23(16-7-3-2-4-8-16)28-20-10-6-5-9-19(20)24(29)30/h2-10,13-15H,12H2,1H3. The van der Waals surface area contributed by atoms with Crippen molar-refractivity contribution in [1.29, 1.82) is 5.26 Å². The molecule has 0 aliphatic heterocycles. The molecule has 0 radical (unpaired) electrons. The first-order valence-corrected chi connectivity index (χ1v) is 9.99. The van der Waals surface area contributed by atoms with Gasteiger partial charge < -0.3 is 9.47 Å². The normalized spacial score (nSPS) is 10.9. The minimum Gasteiger partial charge on any atom is -0.493 e. The highest BCUT2D eigenvalue weighted by molar-refractivity contribution is 6.31. The van der Waals surface area contributed by atoms with E-state index in [2.05, 4.69) is 10.1 Å². The molecule has 0 spiro atoms. The first-order valence-electron chi connectivity index (χ1n) is 9.61. The maximum absolute atomic E-state index is 13.3. The smallest absolute Gasteiger partial charge is 0.282 e. The van der Waals surface area contributed by atoms with E-state index in [9.17, 15) is 4.79 Å². The van der Waals surface area contributed by atoms with Crippen molar-refractivity contribution < 1.29 is 9.47 Å². The number of ether oxygens (including phenoxy) is 2. The molecule has 0 aliphatic carbocycles. The Labute approximate surface area is 188 Å². The third-order valence-corrected chi connectivity index (χ3v) is 4.87. The van der Waals surface area contributed by atoms with Crippen LogP contribution in [0.3, 0.4) is 0 Å². The Balaban J connectivity index is 1.92. The average Bonchev–Trinajstić information content (AvgIpc) is 2.82. The first-order chi connectivity index (χ1) is 15.6. The molecule has 0 saturated heterocycles. The Morgan fingerprint density at radius 3 is 2.66 bits per heavy atom. The minimum absolute atomic E-state index is 0.189. The number of aromatic nitrogens is 2. The summed E-state index contributed by atoms with van der Waals surface area (Å²) in [6, 6.07) is 21.5. The van der Waals surface area contributed by atoms with Crippen LogP contribution in [0.25, 0.3) is 22.3 Å². The van der Waals surface area contributed by atoms with Crippen LogP contribution < -0.4 is 15.0 Å². The number of hydrogen-bond donors (Lipinski definition) is 0. The van der Waals surface area contributed by atoms with Crippen molar-refractivity contribution in [3.63, 3.8) is 0 Å². The fourth-order valence-electron chi connectivity index (χ4n) is 3.22. The number of benzene rings is 3. The molecule has 0 aliphatic rings. The van der Waals surface area contributed by atoms with Gasteiger partial charge in [-0.25, -0.2) is 4.98 Å². The second-order valence-electron chi connectivity index (χ2n) is 6.65. The molecular weight excluding hydrogens is 428 g/mol. The van der Waals surface area contributed by atoms with Crippen LogP contribution in [0.1, 0.15) is 5.56 Å². The van der Waals surface area contributed by atoms with Gasteiger partial charge in [-0.3, -0.25) is 4.79 Å². The van der Waals surface area contributed by atoms with E-state index in [-0.39, 0.29) is 12.2 Å². The van der Waals surface area contributed by atoms with Crippen LogP contribution in [0.5, 0.6) is 11.5 Å². The number of para-hydroxylation sites is 1. The zero-order chi connectivity index (χ0) is 22.5. The SMILES string of the molecule is COc1cc(Cl)cc(C=Nn2c(-c3ccccc3)nc3ccccc3c2=O)c1OCC#N. The van der Waals surface area contributed by atoms with E-state index < -0.39 is 0 Å². The molecule has 0 saturated carbocycles. The van der Waals surface area contributed by atoms with Crippen molar-refractivity contribution in [2.75, 3.05) is 13.7 Å². The van der Waals surface area contributed by atoms with Gasteiger partial charge in [0.1, 0.15) is 6.07 Å². The number of halogens is 1. The van der Waals surface area contributed by atoms with E-state index in [1.165, 1.54) is 18.0 Å². The molecule has 158 valence electrons.